The van der Waals surface area contributed by atoms with Crippen LogP contribution < -0.4 is 5.32 Å². The minimum atomic E-state index is -4.76. The number of nitro groups is 1. The van der Waals surface area contributed by atoms with Gasteiger partial charge in [0, 0.05) is 12.1 Å². The van der Waals surface area contributed by atoms with E-state index in [-0.39, 0.29) is 16.3 Å². The summed E-state index contributed by atoms with van der Waals surface area (Å²) in [5.74, 6) is -2.83. The van der Waals surface area contributed by atoms with Crippen molar-refractivity contribution < 1.29 is 32.8 Å². The van der Waals surface area contributed by atoms with E-state index >= 15 is 0 Å². The Bertz CT molecular complexity index is 636. The van der Waals surface area contributed by atoms with Crippen LogP contribution in [0.25, 0.3) is 0 Å². The molecule has 0 saturated carbocycles. The summed E-state index contributed by atoms with van der Waals surface area (Å²) in [7, 11) is 0. The summed E-state index contributed by atoms with van der Waals surface area (Å²) in [6, 6.07) is 1.09. The monoisotopic (exact) mass is 354 g/mol. The smallest absolute Gasteiger partial charge is 0.391 e. The quantitative estimate of drug-likeness (QED) is 0.601. The van der Waals surface area contributed by atoms with Gasteiger partial charge in [0.25, 0.3) is 5.69 Å². The average molecular weight is 355 g/mol. The van der Waals surface area contributed by atoms with Gasteiger partial charge in [0.1, 0.15) is 6.04 Å². The zero-order valence-corrected chi connectivity index (χ0v) is 12.0. The molecule has 126 valence electrons. The van der Waals surface area contributed by atoms with Gasteiger partial charge in [-0.25, -0.2) is 4.79 Å². The number of nitrogens with zero attached hydrogens (tertiary/aromatic N) is 1. The molecule has 1 amide bonds. The molecular weight excluding hydrogens is 345 g/mol. The summed E-state index contributed by atoms with van der Waals surface area (Å²) in [6.45, 7) is 0. The molecule has 1 rings (SSSR count). The van der Waals surface area contributed by atoms with Crippen molar-refractivity contribution >= 4 is 29.2 Å². The SMILES string of the molecule is O=C(Cc1ccc([N+](=O)[O-])cc1Cl)NC(CC(F)(F)F)C(=O)O. The van der Waals surface area contributed by atoms with Gasteiger partial charge in [-0.15, -0.1) is 0 Å². The van der Waals surface area contributed by atoms with Crippen LogP contribution in [0.3, 0.4) is 0 Å². The van der Waals surface area contributed by atoms with E-state index in [2.05, 4.69) is 0 Å². The first kappa shape index (κ1) is 18.7. The number of non-ortho nitro benzene ring substituents is 1. The molecule has 2 N–H and O–H groups in total. The predicted octanol–water partition coefficient (Wildman–Crippen LogP) is 2.31. The zero-order chi connectivity index (χ0) is 17.8. The minimum Gasteiger partial charge on any atom is -0.480 e. The van der Waals surface area contributed by atoms with Gasteiger partial charge >= 0.3 is 12.1 Å². The second-order valence-corrected chi connectivity index (χ2v) is 4.89. The molecule has 0 bridgehead atoms. The van der Waals surface area contributed by atoms with Crippen LogP contribution in [0.5, 0.6) is 0 Å². The van der Waals surface area contributed by atoms with Gasteiger partial charge in [-0.1, -0.05) is 17.7 Å². The summed E-state index contributed by atoms with van der Waals surface area (Å²) in [6.07, 6.45) is -7.00. The van der Waals surface area contributed by atoms with Gasteiger partial charge in [0.15, 0.2) is 0 Å². The maximum atomic E-state index is 12.2. The molecule has 0 aliphatic heterocycles. The van der Waals surface area contributed by atoms with Gasteiger partial charge in [0.2, 0.25) is 5.91 Å². The lowest BCUT2D eigenvalue weighted by Gasteiger charge is -2.16. The molecule has 0 radical (unpaired) electrons. The van der Waals surface area contributed by atoms with Crippen molar-refractivity contribution in [1.29, 1.82) is 0 Å². The molecule has 0 aliphatic rings. The van der Waals surface area contributed by atoms with Crippen molar-refractivity contribution in [2.45, 2.75) is 25.1 Å². The maximum Gasteiger partial charge on any atom is 0.391 e. The number of hydrogen-bond donors (Lipinski definition) is 2. The summed E-state index contributed by atoms with van der Waals surface area (Å²) in [5.41, 5.74) is -0.203. The molecular formula is C12H10ClF3N2O5. The first-order chi connectivity index (χ1) is 10.5. The first-order valence-electron chi connectivity index (χ1n) is 6.01. The number of benzene rings is 1. The number of carboxylic acids is 1. The second kappa shape index (κ2) is 7.27. The van der Waals surface area contributed by atoms with E-state index in [0.29, 0.717) is 0 Å². The van der Waals surface area contributed by atoms with Crippen LogP contribution in [0, 0.1) is 10.1 Å². The van der Waals surface area contributed by atoms with E-state index in [1.54, 1.807) is 5.32 Å². The number of carbonyl (C=O) groups excluding carboxylic acids is 1. The van der Waals surface area contributed by atoms with Crippen molar-refractivity contribution in [2.75, 3.05) is 0 Å². The number of aliphatic carboxylic acids is 1. The highest BCUT2D eigenvalue weighted by atomic mass is 35.5. The van der Waals surface area contributed by atoms with Crippen molar-refractivity contribution in [3.63, 3.8) is 0 Å². The highest BCUT2D eigenvalue weighted by Crippen LogP contribution is 2.24. The Balaban J connectivity index is 2.79. The van der Waals surface area contributed by atoms with E-state index in [4.69, 9.17) is 16.7 Å². The molecule has 0 aliphatic carbocycles. The third-order valence-corrected chi connectivity index (χ3v) is 3.02. The number of carboxylic acid groups (broad SMARTS) is 1. The largest absolute Gasteiger partial charge is 0.480 e. The van der Waals surface area contributed by atoms with Crippen LogP contribution >= 0.6 is 11.6 Å². The fourth-order valence-electron chi connectivity index (χ4n) is 1.64. The number of carbonyl (C=O) groups is 2. The van der Waals surface area contributed by atoms with Crippen molar-refractivity contribution in [1.82, 2.24) is 5.32 Å². The van der Waals surface area contributed by atoms with E-state index in [9.17, 15) is 32.9 Å². The molecule has 0 heterocycles. The summed E-state index contributed by atoms with van der Waals surface area (Å²) < 4.78 is 36.7. The fraction of sp³-hybridized carbons (Fsp3) is 0.333. The summed E-state index contributed by atoms with van der Waals surface area (Å²) >= 11 is 5.74. The third-order valence-electron chi connectivity index (χ3n) is 2.67. The number of nitro benzene ring substituents is 1. The predicted molar refractivity (Wildman–Crippen MR) is 72.0 cm³/mol. The summed E-state index contributed by atoms with van der Waals surface area (Å²) in [4.78, 5) is 32.2. The standard InChI is InChI=1S/C12H10ClF3N2O5/c13-8-4-7(18(22)23)2-1-6(8)3-10(19)17-9(11(20)21)5-12(14,15)16/h1-2,4,9H,3,5H2,(H,17,19)(H,20,21). The van der Waals surface area contributed by atoms with E-state index < -0.39 is 41.9 Å². The highest BCUT2D eigenvalue weighted by Gasteiger charge is 2.36. The van der Waals surface area contributed by atoms with E-state index in [1.165, 1.54) is 6.07 Å². The van der Waals surface area contributed by atoms with Crippen LogP contribution in [0.4, 0.5) is 18.9 Å². The molecule has 1 aromatic rings. The number of amides is 1. The Labute approximate surface area is 132 Å². The van der Waals surface area contributed by atoms with Crippen molar-refractivity contribution in [2.24, 2.45) is 0 Å². The number of hydrogen-bond acceptors (Lipinski definition) is 4. The maximum absolute atomic E-state index is 12.2. The lowest BCUT2D eigenvalue weighted by Crippen LogP contribution is -2.44. The van der Waals surface area contributed by atoms with Gasteiger partial charge in [-0.05, 0) is 5.56 Å². The molecule has 7 nitrogen and oxygen atoms in total. The normalized spacial score (nSPS) is 12.5. The Morgan fingerprint density at radius 1 is 1.39 bits per heavy atom. The Morgan fingerprint density at radius 3 is 2.43 bits per heavy atom. The molecule has 1 atom stereocenters. The van der Waals surface area contributed by atoms with Crippen molar-refractivity contribution in [3.05, 3.63) is 38.9 Å². The highest BCUT2D eigenvalue weighted by molar-refractivity contribution is 6.31. The number of halogens is 4. The third kappa shape index (κ3) is 6.10. The molecule has 11 heteroatoms. The summed E-state index contributed by atoms with van der Waals surface area (Å²) in [5, 5.41) is 20.8. The molecule has 0 fully saturated rings. The zero-order valence-electron chi connectivity index (χ0n) is 11.3. The molecule has 1 unspecified atom stereocenters. The molecule has 0 aromatic heterocycles. The van der Waals surface area contributed by atoms with Crippen molar-refractivity contribution in [3.8, 4) is 0 Å². The fourth-order valence-corrected chi connectivity index (χ4v) is 1.88. The van der Waals surface area contributed by atoms with Crippen LogP contribution in [0.1, 0.15) is 12.0 Å². The van der Waals surface area contributed by atoms with Crippen LogP contribution in [0.15, 0.2) is 18.2 Å². The van der Waals surface area contributed by atoms with Gasteiger partial charge in [-0.3, -0.25) is 14.9 Å². The van der Waals surface area contributed by atoms with E-state index in [0.717, 1.165) is 12.1 Å². The lowest BCUT2D eigenvalue weighted by atomic mass is 10.1. The topological polar surface area (TPSA) is 110 Å². The Kier molecular flexibility index (Phi) is 5.91. The molecule has 23 heavy (non-hydrogen) atoms. The molecule has 1 aromatic carbocycles. The van der Waals surface area contributed by atoms with Crippen LogP contribution in [0.2, 0.25) is 5.02 Å². The van der Waals surface area contributed by atoms with Gasteiger partial charge in [-0.2, -0.15) is 13.2 Å². The Hall–Kier alpha value is -2.36. The minimum absolute atomic E-state index is 0.117. The second-order valence-electron chi connectivity index (χ2n) is 4.49. The van der Waals surface area contributed by atoms with Crippen LogP contribution in [-0.2, 0) is 16.0 Å². The number of alkyl halides is 3. The number of rotatable bonds is 6. The molecule has 0 saturated heterocycles. The van der Waals surface area contributed by atoms with E-state index in [1.807, 2.05) is 0 Å². The lowest BCUT2D eigenvalue weighted by molar-refractivity contribution is -0.384. The Morgan fingerprint density at radius 2 is 2.00 bits per heavy atom. The first-order valence-corrected chi connectivity index (χ1v) is 6.39. The number of nitrogens with one attached hydrogen (secondary N) is 1. The van der Waals surface area contributed by atoms with Gasteiger partial charge in [0.05, 0.1) is 22.8 Å². The van der Waals surface area contributed by atoms with Crippen LogP contribution in [-0.4, -0.2) is 34.1 Å². The van der Waals surface area contributed by atoms with Gasteiger partial charge < -0.3 is 10.4 Å². The molecule has 0 spiro atoms. The average Bonchev–Trinajstić information content (AvgIpc) is 2.38.